The lowest BCUT2D eigenvalue weighted by Crippen LogP contribution is -2.53. The van der Waals surface area contributed by atoms with Crippen molar-refractivity contribution in [2.24, 2.45) is 0 Å². The summed E-state index contributed by atoms with van der Waals surface area (Å²) < 4.78 is 19.5. The van der Waals surface area contributed by atoms with Gasteiger partial charge in [0.05, 0.1) is 6.04 Å². The zero-order valence-electron chi connectivity index (χ0n) is 11.7. The summed E-state index contributed by atoms with van der Waals surface area (Å²) in [5.41, 5.74) is 0.295. The number of carbonyl (C=O) groups excluding carboxylic acids is 2. The number of rotatable bonds is 3. The SMILES string of the molecule is CN1C(=O)COC(C(=O)NC2CC2)C1c1ccccc1F. The first-order chi connectivity index (χ1) is 10.1. The monoisotopic (exact) mass is 292 g/mol. The van der Waals surface area contributed by atoms with Gasteiger partial charge in [-0.05, 0) is 18.9 Å². The molecule has 2 fully saturated rings. The van der Waals surface area contributed by atoms with Crippen LogP contribution < -0.4 is 5.32 Å². The topological polar surface area (TPSA) is 58.6 Å². The zero-order valence-corrected chi connectivity index (χ0v) is 11.7. The summed E-state index contributed by atoms with van der Waals surface area (Å²) >= 11 is 0. The fourth-order valence-electron chi connectivity index (χ4n) is 2.53. The highest BCUT2D eigenvalue weighted by atomic mass is 19.1. The average molecular weight is 292 g/mol. The number of benzene rings is 1. The van der Waals surface area contributed by atoms with Crippen molar-refractivity contribution in [1.82, 2.24) is 10.2 Å². The second kappa shape index (κ2) is 5.44. The van der Waals surface area contributed by atoms with E-state index in [1.165, 1.54) is 11.0 Å². The Balaban J connectivity index is 1.91. The van der Waals surface area contributed by atoms with E-state index in [1.807, 2.05) is 0 Å². The molecule has 0 radical (unpaired) electrons. The van der Waals surface area contributed by atoms with Crippen molar-refractivity contribution in [2.75, 3.05) is 13.7 Å². The number of halogens is 1. The molecule has 1 aliphatic heterocycles. The van der Waals surface area contributed by atoms with Crippen molar-refractivity contribution < 1.29 is 18.7 Å². The van der Waals surface area contributed by atoms with E-state index in [-0.39, 0.29) is 24.5 Å². The standard InChI is InChI=1S/C15H17FN2O3/c1-18-12(19)8-21-14(15(20)17-9-6-7-9)13(18)10-4-2-3-5-11(10)16/h2-5,9,13-14H,6-8H2,1H3,(H,17,20). The number of hydrogen-bond donors (Lipinski definition) is 1. The Bertz CT molecular complexity index is 574. The molecule has 5 nitrogen and oxygen atoms in total. The number of nitrogens with one attached hydrogen (secondary N) is 1. The molecule has 2 amide bonds. The van der Waals surface area contributed by atoms with E-state index in [4.69, 9.17) is 4.74 Å². The molecule has 1 saturated heterocycles. The van der Waals surface area contributed by atoms with Crippen LogP contribution >= 0.6 is 0 Å². The Kier molecular flexibility index (Phi) is 3.63. The molecule has 1 saturated carbocycles. The first-order valence-corrected chi connectivity index (χ1v) is 7.00. The lowest BCUT2D eigenvalue weighted by Gasteiger charge is -2.38. The number of ether oxygens (including phenoxy) is 1. The van der Waals surface area contributed by atoms with Crippen LogP contribution in [0.2, 0.25) is 0 Å². The van der Waals surface area contributed by atoms with Gasteiger partial charge in [0, 0.05) is 18.7 Å². The van der Waals surface area contributed by atoms with Gasteiger partial charge in [-0.2, -0.15) is 0 Å². The van der Waals surface area contributed by atoms with Gasteiger partial charge in [-0.3, -0.25) is 9.59 Å². The minimum Gasteiger partial charge on any atom is -0.356 e. The van der Waals surface area contributed by atoms with Crippen LogP contribution in [0.25, 0.3) is 0 Å². The molecule has 6 heteroatoms. The lowest BCUT2D eigenvalue weighted by atomic mass is 9.97. The second-order valence-corrected chi connectivity index (χ2v) is 5.49. The molecule has 1 heterocycles. The third kappa shape index (κ3) is 2.76. The lowest BCUT2D eigenvalue weighted by molar-refractivity contribution is -0.162. The van der Waals surface area contributed by atoms with Crippen molar-refractivity contribution in [2.45, 2.75) is 31.0 Å². The molecule has 0 aromatic heterocycles. The molecule has 3 rings (SSSR count). The Morgan fingerprint density at radius 1 is 1.38 bits per heavy atom. The van der Waals surface area contributed by atoms with E-state index >= 15 is 0 Å². The number of morpholine rings is 1. The highest BCUT2D eigenvalue weighted by molar-refractivity contribution is 5.86. The molecule has 1 aromatic carbocycles. The fraction of sp³-hybridized carbons (Fsp3) is 0.467. The van der Waals surface area contributed by atoms with Gasteiger partial charge < -0.3 is 15.0 Å². The molecule has 0 bridgehead atoms. The summed E-state index contributed by atoms with van der Waals surface area (Å²) in [6.07, 6.45) is 1.03. The summed E-state index contributed by atoms with van der Waals surface area (Å²) in [4.78, 5) is 25.5. The van der Waals surface area contributed by atoms with Gasteiger partial charge >= 0.3 is 0 Å². The van der Waals surface area contributed by atoms with Crippen LogP contribution in [0.3, 0.4) is 0 Å². The predicted molar refractivity (Wildman–Crippen MR) is 72.8 cm³/mol. The molecule has 2 atom stereocenters. The molecule has 0 spiro atoms. The number of amides is 2. The van der Waals surface area contributed by atoms with Crippen LogP contribution in [-0.2, 0) is 14.3 Å². The maximum Gasteiger partial charge on any atom is 0.251 e. The van der Waals surface area contributed by atoms with Gasteiger partial charge in [0.15, 0.2) is 6.10 Å². The van der Waals surface area contributed by atoms with Crippen LogP contribution in [0.1, 0.15) is 24.4 Å². The molecule has 2 aliphatic rings. The number of hydrogen-bond acceptors (Lipinski definition) is 3. The summed E-state index contributed by atoms with van der Waals surface area (Å²) in [5, 5.41) is 2.85. The van der Waals surface area contributed by atoms with E-state index < -0.39 is 18.0 Å². The highest BCUT2D eigenvalue weighted by Gasteiger charge is 2.42. The van der Waals surface area contributed by atoms with Crippen LogP contribution in [-0.4, -0.2) is 42.5 Å². The molecular weight excluding hydrogens is 275 g/mol. The molecule has 112 valence electrons. The third-order valence-electron chi connectivity index (χ3n) is 3.89. The van der Waals surface area contributed by atoms with Gasteiger partial charge in [0.25, 0.3) is 5.91 Å². The fourth-order valence-corrected chi connectivity index (χ4v) is 2.53. The van der Waals surface area contributed by atoms with Crippen molar-refractivity contribution in [1.29, 1.82) is 0 Å². The van der Waals surface area contributed by atoms with Crippen molar-refractivity contribution >= 4 is 11.8 Å². The number of likely N-dealkylation sites (N-methyl/N-ethyl adjacent to an activating group) is 1. The Morgan fingerprint density at radius 2 is 2.10 bits per heavy atom. The van der Waals surface area contributed by atoms with Gasteiger partial charge in [-0.25, -0.2) is 4.39 Å². The summed E-state index contributed by atoms with van der Waals surface area (Å²) in [6, 6.07) is 5.59. The van der Waals surface area contributed by atoms with E-state index in [2.05, 4.69) is 5.32 Å². The van der Waals surface area contributed by atoms with Crippen LogP contribution in [0.15, 0.2) is 24.3 Å². The second-order valence-electron chi connectivity index (χ2n) is 5.49. The molecule has 1 N–H and O–H groups in total. The number of nitrogens with zero attached hydrogens (tertiary/aromatic N) is 1. The van der Waals surface area contributed by atoms with Crippen molar-refractivity contribution in [3.63, 3.8) is 0 Å². The van der Waals surface area contributed by atoms with Crippen LogP contribution in [0, 0.1) is 5.82 Å². The summed E-state index contributed by atoms with van der Waals surface area (Å²) in [6.45, 7) is -0.162. The first-order valence-electron chi connectivity index (χ1n) is 7.00. The maximum atomic E-state index is 14.1. The normalized spacial score (nSPS) is 25.8. The summed E-state index contributed by atoms with van der Waals surface area (Å²) in [7, 11) is 1.57. The minimum absolute atomic E-state index is 0.162. The zero-order chi connectivity index (χ0) is 15.0. The van der Waals surface area contributed by atoms with Crippen molar-refractivity contribution in [3.8, 4) is 0 Å². The van der Waals surface area contributed by atoms with Gasteiger partial charge in [-0.15, -0.1) is 0 Å². The third-order valence-corrected chi connectivity index (χ3v) is 3.89. The van der Waals surface area contributed by atoms with Crippen LogP contribution in [0.5, 0.6) is 0 Å². The molecule has 21 heavy (non-hydrogen) atoms. The van der Waals surface area contributed by atoms with Crippen LogP contribution in [0.4, 0.5) is 4.39 Å². The summed E-state index contributed by atoms with van der Waals surface area (Å²) in [5.74, 6) is -0.999. The first kappa shape index (κ1) is 14.0. The minimum atomic E-state index is -0.884. The highest BCUT2D eigenvalue weighted by Crippen LogP contribution is 2.31. The van der Waals surface area contributed by atoms with Gasteiger partial charge in [0.1, 0.15) is 12.4 Å². The Hall–Kier alpha value is -1.95. The van der Waals surface area contributed by atoms with Gasteiger partial charge in [0.2, 0.25) is 5.91 Å². The maximum absolute atomic E-state index is 14.1. The quantitative estimate of drug-likeness (QED) is 0.904. The largest absolute Gasteiger partial charge is 0.356 e. The molecular formula is C15H17FN2O3. The average Bonchev–Trinajstić information content (AvgIpc) is 3.26. The van der Waals surface area contributed by atoms with E-state index in [0.717, 1.165) is 12.8 Å². The van der Waals surface area contributed by atoms with Crippen molar-refractivity contribution in [3.05, 3.63) is 35.6 Å². The van der Waals surface area contributed by atoms with E-state index in [1.54, 1.807) is 25.2 Å². The number of carbonyl (C=O) groups is 2. The predicted octanol–water partition coefficient (Wildman–Crippen LogP) is 1.00. The van der Waals surface area contributed by atoms with Gasteiger partial charge in [-0.1, -0.05) is 18.2 Å². The van der Waals surface area contributed by atoms with E-state index in [9.17, 15) is 14.0 Å². The van der Waals surface area contributed by atoms with E-state index in [0.29, 0.717) is 5.56 Å². The molecule has 1 aliphatic carbocycles. The smallest absolute Gasteiger partial charge is 0.251 e. The molecule has 1 aromatic rings. The Labute approximate surface area is 122 Å². The molecule has 2 unspecified atom stereocenters. The Morgan fingerprint density at radius 3 is 2.76 bits per heavy atom.